The zero-order chi connectivity index (χ0) is 26.5. The lowest BCUT2D eigenvalue weighted by Gasteiger charge is -2.19. The third-order valence-electron chi connectivity index (χ3n) is 6.09. The van der Waals surface area contributed by atoms with Gasteiger partial charge in [0.1, 0.15) is 5.75 Å². The molecule has 5 rings (SSSR count). The molecule has 0 aliphatic heterocycles. The zero-order valence-corrected chi connectivity index (χ0v) is 21.4. The van der Waals surface area contributed by atoms with Crippen LogP contribution in [0.3, 0.4) is 0 Å². The van der Waals surface area contributed by atoms with Crippen molar-refractivity contribution < 1.29 is 19.1 Å². The van der Waals surface area contributed by atoms with E-state index < -0.39 is 12.1 Å². The van der Waals surface area contributed by atoms with Gasteiger partial charge in [-0.15, -0.1) is 0 Å². The summed E-state index contributed by atoms with van der Waals surface area (Å²) >= 11 is 6.08. The lowest BCUT2D eigenvalue weighted by atomic mass is 9.99. The fourth-order valence-corrected chi connectivity index (χ4v) is 4.34. The molecule has 4 aromatic carbocycles. The van der Waals surface area contributed by atoms with Gasteiger partial charge in [-0.1, -0.05) is 72.3 Å². The van der Waals surface area contributed by atoms with E-state index in [0.717, 1.165) is 11.3 Å². The molecule has 5 aromatic rings. The summed E-state index contributed by atoms with van der Waals surface area (Å²) in [5.74, 6) is -0.201. The Bertz CT molecular complexity index is 1580. The summed E-state index contributed by atoms with van der Waals surface area (Å²) in [7, 11) is 0. The number of pyridine rings is 1. The van der Waals surface area contributed by atoms with Crippen molar-refractivity contribution in [2.24, 2.45) is 0 Å². The number of para-hydroxylation sites is 1. The number of carbonyl (C=O) groups excluding carboxylic acids is 2. The number of rotatable bonds is 8. The van der Waals surface area contributed by atoms with Crippen LogP contribution in [0, 0.1) is 0 Å². The fraction of sp³-hybridized carbons (Fsp3) is 0.0938. The average Bonchev–Trinajstić information content (AvgIpc) is 2.96. The van der Waals surface area contributed by atoms with E-state index in [1.165, 1.54) is 0 Å². The van der Waals surface area contributed by atoms with Crippen molar-refractivity contribution >= 4 is 34.3 Å². The highest BCUT2D eigenvalue weighted by molar-refractivity contribution is 6.30. The van der Waals surface area contributed by atoms with Gasteiger partial charge in [-0.25, -0.2) is 9.78 Å². The maximum absolute atomic E-state index is 13.7. The van der Waals surface area contributed by atoms with E-state index >= 15 is 0 Å². The molecule has 188 valence electrons. The molecule has 1 heterocycles. The molecule has 0 bridgehead atoms. The van der Waals surface area contributed by atoms with Crippen molar-refractivity contribution in [2.75, 3.05) is 6.61 Å². The molecule has 1 atom stereocenters. The first-order chi connectivity index (χ1) is 18.5. The van der Waals surface area contributed by atoms with Gasteiger partial charge in [-0.3, -0.25) is 4.79 Å². The minimum absolute atomic E-state index is 0.319. The van der Waals surface area contributed by atoms with Crippen molar-refractivity contribution in [1.82, 2.24) is 4.98 Å². The van der Waals surface area contributed by atoms with Crippen molar-refractivity contribution in [3.8, 4) is 17.0 Å². The number of aromatic nitrogens is 1. The van der Waals surface area contributed by atoms with E-state index in [4.69, 9.17) is 26.1 Å². The number of halogens is 1. The first-order valence-electron chi connectivity index (χ1n) is 12.2. The van der Waals surface area contributed by atoms with Crippen LogP contribution in [-0.2, 0) is 4.74 Å². The second kappa shape index (κ2) is 11.3. The van der Waals surface area contributed by atoms with Crippen LogP contribution in [0.25, 0.3) is 22.2 Å². The van der Waals surface area contributed by atoms with Crippen LogP contribution in [0.15, 0.2) is 109 Å². The number of benzene rings is 4. The molecule has 6 heteroatoms. The first-order valence-corrected chi connectivity index (χ1v) is 12.6. The molecule has 1 aromatic heterocycles. The van der Waals surface area contributed by atoms with E-state index in [2.05, 4.69) is 0 Å². The third-order valence-corrected chi connectivity index (χ3v) is 6.34. The Balaban J connectivity index is 1.55. The summed E-state index contributed by atoms with van der Waals surface area (Å²) in [6.45, 7) is 2.50. The van der Waals surface area contributed by atoms with E-state index in [-0.39, 0.29) is 5.78 Å². The number of carbonyl (C=O) groups is 2. The standard InChI is InChI=1S/C32H24ClNO4/c1-2-37-25-18-14-21(15-19-25)29-20-27(26-10-6-7-11-28(26)34-29)32(36)38-31(23-12-16-24(33)17-13-23)30(35)22-8-4-3-5-9-22/h3-20,31H,2H2,1H3/t31-/m1/s1. The average molecular weight is 522 g/mol. The summed E-state index contributed by atoms with van der Waals surface area (Å²) in [6, 6.07) is 32.1. The monoisotopic (exact) mass is 521 g/mol. The van der Waals surface area contributed by atoms with Gasteiger partial charge in [-0.05, 0) is 55.5 Å². The van der Waals surface area contributed by atoms with Crippen molar-refractivity contribution in [2.45, 2.75) is 13.0 Å². The van der Waals surface area contributed by atoms with Gasteiger partial charge in [0.2, 0.25) is 5.78 Å². The minimum atomic E-state index is -1.15. The SMILES string of the molecule is CCOc1ccc(-c2cc(C(=O)O[C@@H](C(=O)c3ccccc3)c3ccc(Cl)cc3)c3ccccc3n2)cc1. The van der Waals surface area contributed by atoms with Crippen LogP contribution in [0.1, 0.15) is 39.3 Å². The molecule has 0 saturated carbocycles. The van der Waals surface area contributed by atoms with Gasteiger partial charge < -0.3 is 9.47 Å². The van der Waals surface area contributed by atoms with Crippen LogP contribution in [0.4, 0.5) is 0 Å². The normalized spacial score (nSPS) is 11.6. The number of ketones is 1. The Morgan fingerprint density at radius 1 is 0.842 bits per heavy atom. The topological polar surface area (TPSA) is 65.5 Å². The summed E-state index contributed by atoms with van der Waals surface area (Å²) < 4.78 is 11.5. The molecule has 0 fully saturated rings. The smallest absolute Gasteiger partial charge is 0.339 e. The molecule has 0 unspecified atom stereocenters. The van der Waals surface area contributed by atoms with Gasteiger partial charge >= 0.3 is 5.97 Å². The number of Topliss-reactive ketones (excluding diaryl/α,β-unsaturated/α-hetero) is 1. The molecule has 38 heavy (non-hydrogen) atoms. The Morgan fingerprint density at radius 3 is 2.24 bits per heavy atom. The van der Waals surface area contributed by atoms with Crippen molar-refractivity contribution in [3.63, 3.8) is 0 Å². The third kappa shape index (κ3) is 5.43. The Labute approximate surface area is 225 Å². The summed E-state index contributed by atoms with van der Waals surface area (Å²) in [5, 5.41) is 1.15. The van der Waals surface area contributed by atoms with Crippen LogP contribution in [-0.4, -0.2) is 23.3 Å². The van der Waals surface area contributed by atoms with Crippen molar-refractivity contribution in [1.29, 1.82) is 0 Å². The maximum atomic E-state index is 13.7. The maximum Gasteiger partial charge on any atom is 0.339 e. The van der Waals surface area contributed by atoms with E-state index in [1.54, 1.807) is 54.6 Å². The van der Waals surface area contributed by atoms with Crippen LogP contribution < -0.4 is 4.74 Å². The molecule has 0 saturated heterocycles. The van der Waals surface area contributed by atoms with E-state index in [0.29, 0.717) is 44.9 Å². The first kappa shape index (κ1) is 25.2. The fourth-order valence-electron chi connectivity index (χ4n) is 4.22. The summed E-state index contributed by atoms with van der Waals surface area (Å²) in [5.41, 5.74) is 3.36. The molecule has 0 N–H and O–H groups in total. The lowest BCUT2D eigenvalue weighted by molar-refractivity contribution is 0.0282. The Hall–Kier alpha value is -4.48. The highest BCUT2D eigenvalue weighted by Gasteiger charge is 2.28. The molecular formula is C32H24ClNO4. The van der Waals surface area contributed by atoms with Crippen LogP contribution in [0.2, 0.25) is 5.02 Å². The predicted molar refractivity (Wildman–Crippen MR) is 149 cm³/mol. The Morgan fingerprint density at radius 2 is 1.53 bits per heavy atom. The largest absolute Gasteiger partial charge is 0.494 e. The number of fused-ring (bicyclic) bond motifs is 1. The van der Waals surface area contributed by atoms with Gasteiger partial charge in [0.05, 0.1) is 23.4 Å². The molecule has 0 spiro atoms. The molecule has 0 radical (unpaired) electrons. The number of hydrogen-bond acceptors (Lipinski definition) is 5. The molecule has 5 nitrogen and oxygen atoms in total. The second-order valence-electron chi connectivity index (χ2n) is 8.60. The van der Waals surface area contributed by atoms with Gasteiger partial charge in [-0.2, -0.15) is 0 Å². The van der Waals surface area contributed by atoms with E-state index in [9.17, 15) is 9.59 Å². The summed E-state index contributed by atoms with van der Waals surface area (Å²) in [6.07, 6.45) is -1.15. The molecule has 0 aliphatic rings. The summed E-state index contributed by atoms with van der Waals surface area (Å²) in [4.78, 5) is 32.0. The minimum Gasteiger partial charge on any atom is -0.494 e. The highest BCUT2D eigenvalue weighted by atomic mass is 35.5. The van der Waals surface area contributed by atoms with Crippen LogP contribution >= 0.6 is 11.6 Å². The highest BCUT2D eigenvalue weighted by Crippen LogP contribution is 2.30. The predicted octanol–water partition coefficient (Wildman–Crippen LogP) is 7.73. The quantitative estimate of drug-likeness (QED) is 0.154. The molecule has 0 aliphatic carbocycles. The molecule has 0 amide bonds. The lowest BCUT2D eigenvalue weighted by Crippen LogP contribution is -2.20. The number of esters is 1. The van der Waals surface area contributed by atoms with Crippen LogP contribution in [0.5, 0.6) is 5.75 Å². The second-order valence-corrected chi connectivity index (χ2v) is 9.03. The molecular weight excluding hydrogens is 498 g/mol. The van der Waals surface area contributed by atoms with E-state index in [1.807, 2.05) is 61.5 Å². The van der Waals surface area contributed by atoms with Gasteiger partial charge in [0.25, 0.3) is 0 Å². The number of ether oxygens (including phenoxy) is 2. The van der Waals surface area contributed by atoms with Gasteiger partial charge in [0.15, 0.2) is 6.10 Å². The number of hydrogen-bond donors (Lipinski definition) is 0. The zero-order valence-electron chi connectivity index (χ0n) is 20.6. The van der Waals surface area contributed by atoms with Crippen molar-refractivity contribution in [3.05, 3.63) is 131 Å². The number of nitrogens with zero attached hydrogens (tertiary/aromatic N) is 1. The Kier molecular flexibility index (Phi) is 7.47. The van der Waals surface area contributed by atoms with Gasteiger partial charge in [0, 0.05) is 27.1 Å².